The van der Waals surface area contributed by atoms with Crippen LogP contribution in [0.5, 0.6) is 5.75 Å². The maximum atomic E-state index is 5.61. The van der Waals surface area contributed by atoms with E-state index in [2.05, 4.69) is 15.2 Å². The van der Waals surface area contributed by atoms with Crippen molar-refractivity contribution < 1.29 is 4.74 Å². The Morgan fingerprint density at radius 1 is 1.28 bits per heavy atom. The lowest BCUT2D eigenvalue weighted by Gasteiger charge is -2.03. The minimum atomic E-state index is 0.632. The van der Waals surface area contributed by atoms with Gasteiger partial charge in [-0.3, -0.25) is 5.10 Å². The van der Waals surface area contributed by atoms with Crippen molar-refractivity contribution in [3.8, 4) is 5.75 Å². The van der Waals surface area contributed by atoms with Crippen LogP contribution >= 0.6 is 11.8 Å². The molecule has 0 radical (unpaired) electrons. The molecule has 94 valence electrons. The van der Waals surface area contributed by atoms with Crippen LogP contribution in [0, 0.1) is 0 Å². The molecule has 1 saturated carbocycles. The van der Waals surface area contributed by atoms with E-state index in [1.165, 1.54) is 12.8 Å². The molecule has 1 aliphatic carbocycles. The van der Waals surface area contributed by atoms with Crippen LogP contribution in [-0.4, -0.2) is 27.5 Å². The Labute approximate surface area is 110 Å². The van der Waals surface area contributed by atoms with E-state index in [1.807, 2.05) is 30.3 Å². The predicted molar refractivity (Wildman–Crippen MR) is 71.0 cm³/mol. The zero-order valence-electron chi connectivity index (χ0n) is 10.0. The van der Waals surface area contributed by atoms with Gasteiger partial charge >= 0.3 is 0 Å². The number of aromatic amines is 1. The maximum Gasteiger partial charge on any atom is 0.208 e. The van der Waals surface area contributed by atoms with E-state index in [4.69, 9.17) is 4.74 Å². The molecule has 0 spiro atoms. The standard InChI is InChI=1S/C13H15N3OS/c1-2-4-11(5-3-1)17-8-9-18-13-14-12(15-16-13)10-6-7-10/h1-5,10H,6-9H2,(H,14,15,16). The van der Waals surface area contributed by atoms with Crippen LogP contribution in [0.15, 0.2) is 35.5 Å². The lowest BCUT2D eigenvalue weighted by Crippen LogP contribution is -2.00. The number of thioether (sulfide) groups is 1. The van der Waals surface area contributed by atoms with E-state index in [0.29, 0.717) is 12.5 Å². The van der Waals surface area contributed by atoms with E-state index in [9.17, 15) is 0 Å². The molecule has 5 heteroatoms. The first-order valence-electron chi connectivity index (χ1n) is 6.15. The van der Waals surface area contributed by atoms with Gasteiger partial charge in [0.05, 0.1) is 6.61 Å². The van der Waals surface area contributed by atoms with Gasteiger partial charge < -0.3 is 4.74 Å². The van der Waals surface area contributed by atoms with Crippen LogP contribution in [0.2, 0.25) is 0 Å². The average Bonchev–Trinajstić information content (AvgIpc) is 3.16. The number of ether oxygens (including phenoxy) is 1. The minimum Gasteiger partial charge on any atom is -0.493 e. The first kappa shape index (κ1) is 11.6. The van der Waals surface area contributed by atoms with E-state index >= 15 is 0 Å². The quantitative estimate of drug-likeness (QED) is 0.641. The molecule has 4 nitrogen and oxygen atoms in total. The number of H-pyrrole nitrogens is 1. The molecule has 1 heterocycles. The highest BCUT2D eigenvalue weighted by molar-refractivity contribution is 7.99. The fourth-order valence-electron chi connectivity index (χ4n) is 1.67. The van der Waals surface area contributed by atoms with Crippen molar-refractivity contribution in [1.82, 2.24) is 15.2 Å². The van der Waals surface area contributed by atoms with Crippen molar-refractivity contribution in [3.05, 3.63) is 36.2 Å². The first-order valence-corrected chi connectivity index (χ1v) is 7.13. The monoisotopic (exact) mass is 261 g/mol. The SMILES string of the molecule is c1ccc(OCCSc2n[nH]c(C3CC3)n2)cc1. The van der Waals surface area contributed by atoms with Crippen molar-refractivity contribution in [3.63, 3.8) is 0 Å². The van der Waals surface area contributed by atoms with Gasteiger partial charge in [-0.25, -0.2) is 4.98 Å². The molecule has 0 unspecified atom stereocenters. The van der Waals surface area contributed by atoms with Gasteiger partial charge in [0.25, 0.3) is 0 Å². The molecule has 1 aromatic carbocycles. The molecule has 0 atom stereocenters. The van der Waals surface area contributed by atoms with Crippen molar-refractivity contribution >= 4 is 11.8 Å². The summed E-state index contributed by atoms with van der Waals surface area (Å²) in [7, 11) is 0. The van der Waals surface area contributed by atoms with Crippen LogP contribution in [0.4, 0.5) is 0 Å². The molecule has 0 aliphatic heterocycles. The first-order chi connectivity index (χ1) is 8.92. The number of rotatable bonds is 6. The minimum absolute atomic E-state index is 0.632. The number of aromatic nitrogens is 3. The second kappa shape index (κ2) is 5.44. The molecule has 0 saturated heterocycles. The Kier molecular flexibility index (Phi) is 3.50. The van der Waals surface area contributed by atoms with Gasteiger partial charge in [0.1, 0.15) is 11.6 Å². The molecule has 1 N–H and O–H groups in total. The fraction of sp³-hybridized carbons (Fsp3) is 0.385. The highest BCUT2D eigenvalue weighted by atomic mass is 32.2. The van der Waals surface area contributed by atoms with Crippen LogP contribution in [0.1, 0.15) is 24.6 Å². The molecule has 1 aliphatic rings. The summed E-state index contributed by atoms with van der Waals surface area (Å²) in [6.07, 6.45) is 2.49. The van der Waals surface area contributed by atoms with Crippen LogP contribution in [-0.2, 0) is 0 Å². The van der Waals surface area contributed by atoms with E-state index < -0.39 is 0 Å². The van der Waals surface area contributed by atoms with Gasteiger partial charge in [0.15, 0.2) is 0 Å². The fourth-order valence-corrected chi connectivity index (χ4v) is 2.29. The van der Waals surface area contributed by atoms with Crippen molar-refractivity contribution in [1.29, 1.82) is 0 Å². The second-order valence-electron chi connectivity index (χ2n) is 4.29. The zero-order chi connectivity index (χ0) is 12.2. The molecule has 1 aromatic heterocycles. The Bertz CT molecular complexity index is 496. The number of benzene rings is 1. The summed E-state index contributed by atoms with van der Waals surface area (Å²) in [6.45, 7) is 0.669. The molecule has 1 fully saturated rings. The molecular weight excluding hydrogens is 246 g/mol. The third-order valence-corrected chi connectivity index (χ3v) is 3.58. The smallest absolute Gasteiger partial charge is 0.208 e. The summed E-state index contributed by atoms with van der Waals surface area (Å²) in [5.74, 6) is 3.44. The number of nitrogens with zero attached hydrogens (tertiary/aromatic N) is 2. The summed E-state index contributed by atoms with van der Waals surface area (Å²) in [4.78, 5) is 4.46. The average molecular weight is 261 g/mol. The van der Waals surface area contributed by atoms with Crippen LogP contribution < -0.4 is 4.74 Å². The van der Waals surface area contributed by atoms with E-state index in [-0.39, 0.29) is 0 Å². The molecule has 0 amide bonds. The molecule has 0 bridgehead atoms. The highest BCUT2D eigenvalue weighted by Crippen LogP contribution is 2.38. The van der Waals surface area contributed by atoms with E-state index in [1.54, 1.807) is 11.8 Å². The predicted octanol–water partition coefficient (Wildman–Crippen LogP) is 2.85. The summed E-state index contributed by atoms with van der Waals surface area (Å²) in [6, 6.07) is 9.85. The molecule has 2 aromatic rings. The van der Waals surface area contributed by atoms with Gasteiger partial charge in [-0.15, -0.1) is 5.10 Å². The van der Waals surface area contributed by atoms with Gasteiger partial charge in [0, 0.05) is 11.7 Å². The lowest BCUT2D eigenvalue weighted by atomic mass is 10.3. The summed E-state index contributed by atoms with van der Waals surface area (Å²) in [5, 5.41) is 8.02. The van der Waals surface area contributed by atoms with Gasteiger partial charge in [-0.1, -0.05) is 30.0 Å². The van der Waals surface area contributed by atoms with Crippen molar-refractivity contribution in [2.75, 3.05) is 12.4 Å². The Morgan fingerprint density at radius 3 is 2.89 bits per heavy atom. The summed E-state index contributed by atoms with van der Waals surface area (Å²) >= 11 is 1.63. The number of nitrogens with one attached hydrogen (secondary N) is 1. The zero-order valence-corrected chi connectivity index (χ0v) is 10.8. The molecule has 18 heavy (non-hydrogen) atoms. The lowest BCUT2D eigenvalue weighted by molar-refractivity contribution is 0.344. The number of para-hydroxylation sites is 1. The Hall–Kier alpha value is -1.49. The van der Waals surface area contributed by atoms with Crippen molar-refractivity contribution in [2.45, 2.75) is 23.9 Å². The number of hydrogen-bond donors (Lipinski definition) is 1. The molecular formula is C13H15N3OS. The van der Waals surface area contributed by atoms with Crippen LogP contribution in [0.3, 0.4) is 0 Å². The molecule has 3 rings (SSSR count). The Balaban J connectivity index is 1.41. The maximum absolute atomic E-state index is 5.61. The third-order valence-electron chi connectivity index (χ3n) is 2.77. The normalized spacial score (nSPS) is 14.7. The van der Waals surface area contributed by atoms with Gasteiger partial charge in [-0.05, 0) is 25.0 Å². The summed E-state index contributed by atoms with van der Waals surface area (Å²) < 4.78 is 5.61. The van der Waals surface area contributed by atoms with Gasteiger partial charge in [-0.2, -0.15) is 0 Å². The summed E-state index contributed by atoms with van der Waals surface area (Å²) in [5.41, 5.74) is 0. The third kappa shape index (κ3) is 3.04. The van der Waals surface area contributed by atoms with E-state index in [0.717, 1.165) is 22.5 Å². The van der Waals surface area contributed by atoms with Crippen molar-refractivity contribution in [2.24, 2.45) is 0 Å². The van der Waals surface area contributed by atoms with Crippen LogP contribution in [0.25, 0.3) is 0 Å². The van der Waals surface area contributed by atoms with Gasteiger partial charge in [0.2, 0.25) is 5.16 Å². The Morgan fingerprint density at radius 2 is 2.11 bits per heavy atom. The number of hydrogen-bond acceptors (Lipinski definition) is 4. The second-order valence-corrected chi connectivity index (χ2v) is 5.35. The topological polar surface area (TPSA) is 50.8 Å². The highest BCUT2D eigenvalue weighted by Gasteiger charge is 2.27. The largest absolute Gasteiger partial charge is 0.493 e.